The van der Waals surface area contributed by atoms with Crippen LogP contribution in [0.1, 0.15) is 99.4 Å². The van der Waals surface area contributed by atoms with Crippen LogP contribution in [-0.2, 0) is 109 Å². The number of aromatic nitrogens is 4. The number of aryl methyl sites for hydroxylation is 2. The highest BCUT2D eigenvalue weighted by atomic mass is 32.2. The summed E-state index contributed by atoms with van der Waals surface area (Å²) < 4.78 is 59.6. The van der Waals surface area contributed by atoms with Gasteiger partial charge in [0.05, 0.1) is 56.4 Å². The minimum absolute atomic E-state index is 0.00214. The molecule has 2 aromatic carbocycles. The van der Waals surface area contributed by atoms with Crippen LogP contribution >= 0.6 is 0 Å². The summed E-state index contributed by atoms with van der Waals surface area (Å²) >= 11 is 0. The predicted molar refractivity (Wildman–Crippen MR) is 363 cm³/mol. The summed E-state index contributed by atoms with van der Waals surface area (Å²) in [7, 11) is 2.22. The lowest BCUT2D eigenvalue weighted by molar-refractivity contribution is -0.141. The smallest absolute Gasteiger partial charge is 0.410 e. The van der Waals surface area contributed by atoms with Crippen LogP contribution in [0.3, 0.4) is 0 Å². The number of amides is 7. The van der Waals surface area contributed by atoms with Crippen LogP contribution in [0.4, 0.5) is 15.3 Å². The molecule has 0 saturated heterocycles. The zero-order valence-corrected chi connectivity index (χ0v) is 57.9. The number of hydrazine groups is 1. The summed E-state index contributed by atoms with van der Waals surface area (Å²) in [5.74, 6) is -4.73. The maximum absolute atomic E-state index is 14.3. The van der Waals surface area contributed by atoms with Crippen molar-refractivity contribution in [1.29, 1.82) is 0 Å². The maximum atomic E-state index is 14.3. The van der Waals surface area contributed by atoms with Gasteiger partial charge in [-0.3, -0.25) is 38.1 Å². The van der Waals surface area contributed by atoms with Crippen LogP contribution < -0.4 is 32.1 Å². The van der Waals surface area contributed by atoms with Gasteiger partial charge in [0.15, 0.2) is 11.4 Å². The number of nitrogens with one attached hydrogen (secondary N) is 5. The summed E-state index contributed by atoms with van der Waals surface area (Å²) in [5, 5.41) is 29.1. The van der Waals surface area contributed by atoms with Crippen LogP contribution in [0.25, 0.3) is 33.3 Å². The van der Waals surface area contributed by atoms with Gasteiger partial charge in [-0.2, -0.15) is 8.42 Å². The Morgan fingerprint density at radius 2 is 1.45 bits per heavy atom. The number of Topliss-reactive ketones (excluding diaryl/α,β-unsaturated/α-hetero) is 1. The number of aromatic hydroxyl groups is 1. The average Bonchev–Trinajstić information content (AvgIpc) is 1.20. The van der Waals surface area contributed by atoms with Gasteiger partial charge in [-0.05, 0) is 97.3 Å². The molecule has 0 fully saturated rings. The monoisotopic (exact) mass is 1390 g/mol. The fraction of sp³-hybridized carbons (Fsp3) is 0.485. The quantitative estimate of drug-likeness (QED) is 0.0248. The van der Waals surface area contributed by atoms with Crippen molar-refractivity contribution in [3.8, 4) is 17.1 Å². The molecule has 0 unspecified atom stereocenters. The van der Waals surface area contributed by atoms with Crippen molar-refractivity contribution in [3.63, 3.8) is 0 Å². The van der Waals surface area contributed by atoms with Gasteiger partial charge in [0, 0.05) is 125 Å². The Morgan fingerprint density at radius 3 is 2.15 bits per heavy atom. The van der Waals surface area contributed by atoms with E-state index in [0.29, 0.717) is 64.4 Å². The maximum Gasteiger partial charge on any atom is 0.410 e. The van der Waals surface area contributed by atoms with Crippen molar-refractivity contribution < 1.29 is 75.4 Å². The van der Waals surface area contributed by atoms with Crippen LogP contribution in [0.2, 0.25) is 0 Å². The Labute approximate surface area is 572 Å². The molecule has 6 aromatic rings. The SMILES string of the molecule is CCc1c2c(nc3ccc(O)cc13)-c1cc3c(c(=O)n1C2)CCC(=O)[C@@]3(CC)OC(=O)N(C)CCN(C)C(=O)OCc1ccc(NC(=O)[C@H](C)NC(=O)[C@@H](NC(=O)CCOCCOCCNC(=O)[C@H](CS(=O)(=O)O)NC(=O)CCn2c3c(c4cccnc42)CN(C)N(C)C3)C(C)C)cc1. The highest BCUT2D eigenvalue weighted by Crippen LogP contribution is 2.43. The normalized spacial score (nSPS) is 16.0. The number of likely N-dealkylation sites (N-methyl/N-ethyl adjacent to an activating group) is 2. The lowest BCUT2D eigenvalue weighted by Gasteiger charge is -2.37. The highest BCUT2D eigenvalue weighted by Gasteiger charge is 2.49. The van der Waals surface area contributed by atoms with Crippen molar-refractivity contribution in [2.24, 2.45) is 5.92 Å². The molecule has 7 amide bonds. The number of fused-ring (bicyclic) bond motifs is 8. The molecule has 31 heteroatoms. The highest BCUT2D eigenvalue weighted by molar-refractivity contribution is 7.85. The molecule has 0 saturated carbocycles. The summed E-state index contributed by atoms with van der Waals surface area (Å²) in [5.41, 5.74) is 6.00. The molecule has 1 aliphatic carbocycles. The molecule has 0 radical (unpaired) electrons. The lowest BCUT2D eigenvalue weighted by atomic mass is 9.76. The first-order chi connectivity index (χ1) is 47.1. The largest absolute Gasteiger partial charge is 0.508 e. The first-order valence-corrected chi connectivity index (χ1v) is 34.5. The Balaban J connectivity index is 0.648. The van der Waals surface area contributed by atoms with E-state index in [0.717, 1.165) is 33.2 Å². The fourth-order valence-corrected chi connectivity index (χ4v) is 13.1. The Bertz CT molecular complexity index is 4240. The molecule has 30 nitrogen and oxygen atoms in total. The van der Waals surface area contributed by atoms with Crippen LogP contribution in [0.15, 0.2) is 71.7 Å². The third-order valence-corrected chi connectivity index (χ3v) is 18.9. The molecule has 6 heterocycles. The van der Waals surface area contributed by atoms with E-state index in [4.69, 9.17) is 23.9 Å². The van der Waals surface area contributed by atoms with Crippen molar-refractivity contribution in [3.05, 3.63) is 116 Å². The number of ketones is 1. The van der Waals surface area contributed by atoms with E-state index in [9.17, 15) is 61.2 Å². The van der Waals surface area contributed by atoms with Crippen LogP contribution in [0.5, 0.6) is 5.75 Å². The third kappa shape index (κ3) is 17.4. The molecule has 0 bridgehead atoms. The molecular formula is C68H87N13O17S. The first-order valence-electron chi connectivity index (χ1n) is 32.9. The van der Waals surface area contributed by atoms with Crippen molar-refractivity contribution in [1.82, 2.24) is 60.2 Å². The van der Waals surface area contributed by atoms with Crippen molar-refractivity contribution >= 4 is 85.2 Å². The number of rotatable bonds is 30. The van der Waals surface area contributed by atoms with Gasteiger partial charge >= 0.3 is 12.2 Å². The molecule has 0 spiro atoms. The van der Waals surface area contributed by atoms with Gasteiger partial charge in [-0.25, -0.2) is 29.6 Å². The number of hydrogen-bond donors (Lipinski definition) is 7. The number of carbonyl (C=O) groups is 8. The van der Waals surface area contributed by atoms with E-state index in [-0.39, 0.29) is 121 Å². The molecular weight excluding hydrogens is 1300 g/mol. The van der Waals surface area contributed by atoms with Gasteiger partial charge in [0.25, 0.3) is 15.7 Å². The van der Waals surface area contributed by atoms with E-state index >= 15 is 0 Å². The molecule has 3 aliphatic rings. The van der Waals surface area contributed by atoms with Gasteiger partial charge in [-0.1, -0.05) is 39.8 Å². The molecule has 4 aromatic heterocycles. The molecule has 9 rings (SSSR count). The Hall–Kier alpha value is -9.40. The molecule has 532 valence electrons. The number of phenols is 1. The van der Waals surface area contributed by atoms with E-state index in [1.54, 1.807) is 80.1 Å². The third-order valence-electron chi connectivity index (χ3n) is 18.1. The lowest BCUT2D eigenvalue weighted by Crippen LogP contribution is -2.53. The van der Waals surface area contributed by atoms with Gasteiger partial charge in [0.2, 0.25) is 29.5 Å². The first kappa shape index (κ1) is 73.8. The summed E-state index contributed by atoms with van der Waals surface area (Å²) in [6.45, 7) is 10.3. The van der Waals surface area contributed by atoms with E-state index < -0.39 is 81.3 Å². The number of anilines is 1. The number of benzene rings is 2. The summed E-state index contributed by atoms with van der Waals surface area (Å²) in [6, 6.07) is 13.4. The van der Waals surface area contributed by atoms with Crippen molar-refractivity contribution in [2.45, 2.75) is 130 Å². The fourth-order valence-electron chi connectivity index (χ4n) is 12.5. The van der Waals surface area contributed by atoms with Gasteiger partial charge < -0.3 is 69.6 Å². The number of nitrogens with zero attached hydrogens (tertiary/aromatic N) is 8. The second-order valence-corrected chi connectivity index (χ2v) is 26.8. The number of pyridine rings is 3. The zero-order chi connectivity index (χ0) is 71.6. The predicted octanol–water partition coefficient (Wildman–Crippen LogP) is 3.88. The van der Waals surface area contributed by atoms with Crippen LogP contribution in [0, 0.1) is 5.92 Å². The van der Waals surface area contributed by atoms with E-state index in [1.807, 2.05) is 42.7 Å². The topological polar surface area (TPSA) is 374 Å². The van der Waals surface area contributed by atoms with Gasteiger partial charge in [0.1, 0.15) is 41.9 Å². The van der Waals surface area contributed by atoms with Crippen LogP contribution in [-0.4, -0.2) is 203 Å². The minimum Gasteiger partial charge on any atom is -0.508 e. The number of ether oxygens (including phenoxy) is 4. The summed E-state index contributed by atoms with van der Waals surface area (Å²) in [6.07, 6.45) is 0.785. The molecule has 4 atom stereocenters. The number of phenolic OH excluding ortho intramolecular Hbond substituents is 1. The second kappa shape index (κ2) is 32.1. The summed E-state index contributed by atoms with van der Waals surface area (Å²) in [4.78, 5) is 133. The minimum atomic E-state index is -4.67. The average molecular weight is 1390 g/mol. The number of carbonyl (C=O) groups excluding carboxylic acids is 8. The van der Waals surface area contributed by atoms with E-state index in [1.165, 1.54) is 30.8 Å². The van der Waals surface area contributed by atoms with Crippen molar-refractivity contribution in [2.75, 3.05) is 85.3 Å². The Morgan fingerprint density at radius 1 is 0.758 bits per heavy atom. The molecule has 99 heavy (non-hydrogen) atoms. The molecule has 2 aliphatic heterocycles. The Kier molecular flexibility index (Phi) is 23.9. The van der Waals surface area contributed by atoms with E-state index in [2.05, 4.69) is 36.6 Å². The molecule has 7 N–H and O–H groups in total. The second-order valence-electron chi connectivity index (χ2n) is 25.3. The standard InChI is InChI=1S/C68H87N13O17S/c1-10-45-48-33-44(82)18-20-52(48)74-60-50(45)36-81-54(60)34-51-47(65(81)89)19-21-56(83)68(51,11-2)98-67(91)77(7)28-27-76(6)66(90)97-38-42-14-16-43(17-15-42)72-62(86)41(5)71-64(88)59(40(3)4)75-58(85)23-29-95-31-32-96-30-25-70-63(87)53(39-99(92,93)94)73-57(84)22-26-80-55-37-79(9)78(8)35-49(55)46-13-12-24-69-61(46)80/h12-18,20,24,33-34,40-41,53,59,82H,10-11,19,21-23,25-32,35-39H2,1-9H3,(H,70,87)(H,71,88)(H,72,86)(H,73,84)(H,75,85)(H,92,93,94)/t41-,53-,59-,68-/m0/s1. The zero-order valence-electron chi connectivity index (χ0n) is 57.1. The number of hydrogen-bond acceptors (Lipinski definition) is 20. The van der Waals surface area contributed by atoms with Gasteiger partial charge in [-0.15, -0.1) is 0 Å².